The summed E-state index contributed by atoms with van der Waals surface area (Å²) in [5, 5.41) is 0. The van der Waals surface area contributed by atoms with E-state index < -0.39 is 0 Å². The van der Waals surface area contributed by atoms with Crippen molar-refractivity contribution in [1.29, 1.82) is 0 Å². The molecule has 0 bridgehead atoms. The van der Waals surface area contributed by atoms with E-state index in [4.69, 9.17) is 20.1 Å². The van der Waals surface area contributed by atoms with Crippen LogP contribution in [0.3, 0.4) is 0 Å². The third-order valence-electron chi connectivity index (χ3n) is 3.71. The normalized spacial score (nSPS) is 25.1. The van der Waals surface area contributed by atoms with Crippen molar-refractivity contribution in [2.24, 2.45) is 5.84 Å². The minimum Gasteiger partial charge on any atom is -0.496 e. The minimum absolute atomic E-state index is 0.0818. The quantitative estimate of drug-likeness (QED) is 0.569. The van der Waals surface area contributed by atoms with E-state index >= 15 is 0 Å². The molecule has 5 heteroatoms. The molecule has 2 aliphatic rings. The Kier molecular flexibility index (Phi) is 5.00. The summed E-state index contributed by atoms with van der Waals surface area (Å²) >= 11 is 0. The molecule has 0 spiro atoms. The van der Waals surface area contributed by atoms with E-state index in [0.717, 1.165) is 38.0 Å². The van der Waals surface area contributed by atoms with Gasteiger partial charge in [-0.1, -0.05) is 0 Å². The van der Waals surface area contributed by atoms with Gasteiger partial charge in [0.25, 0.3) is 0 Å². The topological polar surface area (TPSA) is 65.7 Å². The summed E-state index contributed by atoms with van der Waals surface area (Å²) in [6.45, 7) is 4.88. The Bertz CT molecular complexity index is 282. The van der Waals surface area contributed by atoms with Crippen LogP contribution in [0, 0.1) is 0 Å². The van der Waals surface area contributed by atoms with Crippen molar-refractivity contribution in [3.63, 3.8) is 0 Å². The van der Waals surface area contributed by atoms with Crippen LogP contribution in [0.15, 0.2) is 11.8 Å². The molecule has 0 radical (unpaired) electrons. The standard InChI is InChI=1S/C13H24N2O3/c1-2-18-13(6-9-16-10-7-13)12(15-14)11-5-3-4-8-17-11/h5,12,15H,2-4,6-10,14H2,1H3. The summed E-state index contributed by atoms with van der Waals surface area (Å²) in [4.78, 5) is 0. The highest BCUT2D eigenvalue weighted by molar-refractivity contribution is 5.14. The van der Waals surface area contributed by atoms with Crippen LogP contribution in [0.4, 0.5) is 0 Å². The Balaban J connectivity index is 2.17. The van der Waals surface area contributed by atoms with Gasteiger partial charge in [0, 0.05) is 32.7 Å². The van der Waals surface area contributed by atoms with Gasteiger partial charge in [0.1, 0.15) is 11.8 Å². The molecule has 1 fully saturated rings. The fourth-order valence-corrected chi connectivity index (χ4v) is 2.79. The summed E-state index contributed by atoms with van der Waals surface area (Å²) < 4.78 is 17.2. The summed E-state index contributed by atoms with van der Waals surface area (Å²) in [6.07, 6.45) is 5.94. The molecule has 2 aliphatic heterocycles. The van der Waals surface area contributed by atoms with Crippen molar-refractivity contribution in [3.8, 4) is 0 Å². The van der Waals surface area contributed by atoms with Gasteiger partial charge < -0.3 is 14.2 Å². The van der Waals surface area contributed by atoms with Crippen LogP contribution in [-0.4, -0.2) is 38.1 Å². The molecule has 2 rings (SSSR count). The summed E-state index contributed by atoms with van der Waals surface area (Å²) in [5.41, 5.74) is 2.59. The zero-order valence-electron chi connectivity index (χ0n) is 11.1. The Labute approximate surface area is 109 Å². The van der Waals surface area contributed by atoms with Crippen LogP contribution in [0.25, 0.3) is 0 Å². The van der Waals surface area contributed by atoms with Gasteiger partial charge in [-0.3, -0.25) is 5.84 Å². The maximum atomic E-state index is 6.03. The third-order valence-corrected chi connectivity index (χ3v) is 3.71. The number of rotatable bonds is 5. The number of ether oxygens (including phenoxy) is 3. The molecule has 0 aliphatic carbocycles. The van der Waals surface area contributed by atoms with E-state index in [1.54, 1.807) is 0 Å². The predicted octanol–water partition coefficient (Wildman–Crippen LogP) is 1.10. The van der Waals surface area contributed by atoms with Crippen molar-refractivity contribution in [2.75, 3.05) is 26.4 Å². The van der Waals surface area contributed by atoms with E-state index in [1.165, 1.54) is 0 Å². The van der Waals surface area contributed by atoms with E-state index in [0.29, 0.717) is 19.8 Å². The first-order valence-corrected chi connectivity index (χ1v) is 6.83. The third kappa shape index (κ3) is 2.85. The molecule has 5 nitrogen and oxygen atoms in total. The molecule has 0 saturated carbocycles. The summed E-state index contributed by atoms with van der Waals surface area (Å²) in [5.74, 6) is 6.69. The van der Waals surface area contributed by atoms with Gasteiger partial charge in [0.2, 0.25) is 0 Å². The largest absolute Gasteiger partial charge is 0.496 e. The summed E-state index contributed by atoms with van der Waals surface area (Å²) in [6, 6.07) is -0.0818. The van der Waals surface area contributed by atoms with E-state index in [1.807, 2.05) is 6.92 Å². The molecule has 3 N–H and O–H groups in total. The van der Waals surface area contributed by atoms with Crippen LogP contribution < -0.4 is 11.3 Å². The molecule has 1 unspecified atom stereocenters. The second kappa shape index (κ2) is 6.52. The van der Waals surface area contributed by atoms with Crippen LogP contribution in [0.5, 0.6) is 0 Å². The van der Waals surface area contributed by atoms with E-state index in [2.05, 4.69) is 11.5 Å². The number of hydrogen-bond acceptors (Lipinski definition) is 5. The highest BCUT2D eigenvalue weighted by Gasteiger charge is 2.43. The Morgan fingerprint density at radius 3 is 2.78 bits per heavy atom. The lowest BCUT2D eigenvalue weighted by Crippen LogP contribution is -2.58. The molecule has 0 amide bonds. The van der Waals surface area contributed by atoms with Gasteiger partial charge in [-0.2, -0.15) is 0 Å². The Morgan fingerprint density at radius 2 is 2.22 bits per heavy atom. The lowest BCUT2D eigenvalue weighted by molar-refractivity contribution is -0.127. The Morgan fingerprint density at radius 1 is 1.44 bits per heavy atom. The minimum atomic E-state index is -0.301. The molecule has 0 aromatic heterocycles. The maximum Gasteiger partial charge on any atom is 0.113 e. The van der Waals surface area contributed by atoms with Crippen LogP contribution in [0.1, 0.15) is 32.6 Å². The molecular weight excluding hydrogens is 232 g/mol. The number of hydrazine groups is 1. The van der Waals surface area contributed by atoms with Crippen LogP contribution in [-0.2, 0) is 14.2 Å². The maximum absolute atomic E-state index is 6.03. The van der Waals surface area contributed by atoms with Crippen molar-refractivity contribution in [2.45, 2.75) is 44.2 Å². The average Bonchev–Trinajstić information content (AvgIpc) is 2.42. The van der Waals surface area contributed by atoms with Crippen molar-refractivity contribution < 1.29 is 14.2 Å². The molecule has 18 heavy (non-hydrogen) atoms. The summed E-state index contributed by atoms with van der Waals surface area (Å²) in [7, 11) is 0. The Hall–Kier alpha value is -0.620. The van der Waals surface area contributed by atoms with Crippen molar-refractivity contribution in [3.05, 3.63) is 11.8 Å². The lowest BCUT2D eigenvalue weighted by atomic mass is 9.84. The highest BCUT2D eigenvalue weighted by Crippen LogP contribution is 2.33. The fourth-order valence-electron chi connectivity index (χ4n) is 2.79. The lowest BCUT2D eigenvalue weighted by Gasteiger charge is -2.43. The van der Waals surface area contributed by atoms with Gasteiger partial charge in [-0.15, -0.1) is 0 Å². The zero-order valence-corrected chi connectivity index (χ0v) is 11.1. The zero-order chi connectivity index (χ0) is 12.8. The molecule has 1 atom stereocenters. The molecule has 2 heterocycles. The first kappa shape index (κ1) is 13.8. The molecule has 1 saturated heterocycles. The number of nitrogens with one attached hydrogen (secondary N) is 1. The van der Waals surface area contributed by atoms with Gasteiger partial charge in [0.05, 0.1) is 12.2 Å². The first-order chi connectivity index (χ1) is 8.82. The predicted molar refractivity (Wildman–Crippen MR) is 68.8 cm³/mol. The SMILES string of the molecule is CCOC1(C(NN)C2=CCCCO2)CCOCC1. The van der Waals surface area contributed by atoms with Gasteiger partial charge in [-0.05, 0) is 25.8 Å². The second-order valence-electron chi connectivity index (χ2n) is 4.81. The van der Waals surface area contributed by atoms with Gasteiger partial charge in [0.15, 0.2) is 0 Å². The number of hydrogen-bond donors (Lipinski definition) is 2. The van der Waals surface area contributed by atoms with Crippen molar-refractivity contribution >= 4 is 0 Å². The average molecular weight is 256 g/mol. The van der Waals surface area contributed by atoms with Crippen LogP contribution in [0.2, 0.25) is 0 Å². The first-order valence-electron chi connectivity index (χ1n) is 6.83. The molecule has 0 aromatic carbocycles. The van der Waals surface area contributed by atoms with Gasteiger partial charge in [-0.25, -0.2) is 5.43 Å². The second-order valence-corrected chi connectivity index (χ2v) is 4.81. The monoisotopic (exact) mass is 256 g/mol. The van der Waals surface area contributed by atoms with E-state index in [-0.39, 0.29) is 11.6 Å². The van der Waals surface area contributed by atoms with Gasteiger partial charge >= 0.3 is 0 Å². The van der Waals surface area contributed by atoms with Crippen molar-refractivity contribution in [1.82, 2.24) is 5.43 Å². The molecular formula is C13H24N2O3. The number of nitrogens with two attached hydrogens (primary N) is 1. The fraction of sp³-hybridized carbons (Fsp3) is 0.846. The highest BCUT2D eigenvalue weighted by atomic mass is 16.5. The molecule has 0 aromatic rings. The molecule has 104 valence electrons. The smallest absolute Gasteiger partial charge is 0.113 e. The number of allylic oxidation sites excluding steroid dienone is 1. The van der Waals surface area contributed by atoms with E-state index in [9.17, 15) is 0 Å². The van der Waals surface area contributed by atoms with Crippen LogP contribution >= 0.6 is 0 Å².